The van der Waals surface area contributed by atoms with E-state index < -0.39 is 0 Å². The minimum Gasteiger partial charge on any atom is -0.397 e. The summed E-state index contributed by atoms with van der Waals surface area (Å²) in [7, 11) is 0. The second-order valence-corrected chi connectivity index (χ2v) is 8.65. The molecule has 0 saturated carbocycles. The molecule has 0 spiro atoms. The fourth-order valence-electron chi connectivity index (χ4n) is 4.07. The lowest BCUT2D eigenvalue weighted by Gasteiger charge is -2.34. The van der Waals surface area contributed by atoms with Crippen molar-refractivity contribution < 1.29 is 0 Å². The summed E-state index contributed by atoms with van der Waals surface area (Å²) in [5, 5.41) is 4.38. The average molecular weight is 419 g/mol. The van der Waals surface area contributed by atoms with E-state index in [0.29, 0.717) is 0 Å². The van der Waals surface area contributed by atoms with Crippen LogP contribution in [0.25, 0.3) is 22.2 Å². The Kier molecular flexibility index (Phi) is 5.38. The first kappa shape index (κ1) is 19.1. The molecule has 4 heterocycles. The number of aromatic amines is 1. The summed E-state index contributed by atoms with van der Waals surface area (Å²) in [5.74, 6) is 0. The molecule has 6 nitrogen and oxygen atoms in total. The van der Waals surface area contributed by atoms with Crippen molar-refractivity contribution in [3.63, 3.8) is 0 Å². The summed E-state index contributed by atoms with van der Waals surface area (Å²) in [6, 6.07) is 10.6. The maximum absolute atomic E-state index is 6.03. The van der Waals surface area contributed by atoms with Crippen LogP contribution in [-0.2, 0) is 6.42 Å². The summed E-state index contributed by atoms with van der Waals surface area (Å²) >= 11 is 1.73. The number of nitrogens with zero attached hydrogens (tertiary/aromatic N) is 4. The van der Waals surface area contributed by atoms with Gasteiger partial charge in [-0.1, -0.05) is 6.07 Å². The van der Waals surface area contributed by atoms with E-state index in [2.05, 4.69) is 49.4 Å². The van der Waals surface area contributed by atoms with Gasteiger partial charge in [0.25, 0.3) is 0 Å². The molecule has 7 heteroatoms. The second-order valence-electron chi connectivity index (χ2n) is 7.81. The van der Waals surface area contributed by atoms with E-state index in [4.69, 9.17) is 10.7 Å². The van der Waals surface area contributed by atoms with Gasteiger partial charge in [-0.2, -0.15) is 0 Å². The lowest BCUT2D eigenvalue weighted by atomic mass is 10.1. The first-order chi connectivity index (χ1) is 14.8. The Hall–Kier alpha value is -2.90. The number of piperazine rings is 1. The highest BCUT2D eigenvalue weighted by molar-refractivity contribution is 7.14. The van der Waals surface area contributed by atoms with Crippen molar-refractivity contribution in [3.8, 4) is 11.3 Å². The number of hydrogen-bond donors (Lipinski definition) is 2. The van der Waals surface area contributed by atoms with E-state index >= 15 is 0 Å². The molecule has 5 rings (SSSR count). The lowest BCUT2D eigenvalue weighted by molar-refractivity contribution is 0.255. The third-order valence-electron chi connectivity index (χ3n) is 5.81. The fraction of sp³-hybridized carbons (Fsp3) is 0.304. The summed E-state index contributed by atoms with van der Waals surface area (Å²) in [5.41, 5.74) is 11.4. The SMILES string of the molecule is Nc1c[nH]c2ccc(CCCN3CCN(c4nc(-c5cccnc5)cs4)CC3)cc12. The Labute approximate surface area is 180 Å². The molecule has 1 aliphatic rings. The minimum atomic E-state index is 0.830. The summed E-state index contributed by atoms with van der Waals surface area (Å²) in [4.78, 5) is 17.2. The summed E-state index contributed by atoms with van der Waals surface area (Å²) in [6.45, 7) is 5.38. The van der Waals surface area contributed by atoms with Crippen LogP contribution in [0, 0.1) is 0 Å². The van der Waals surface area contributed by atoms with Gasteiger partial charge in [-0.15, -0.1) is 11.3 Å². The highest BCUT2D eigenvalue weighted by atomic mass is 32.1. The van der Waals surface area contributed by atoms with Gasteiger partial charge in [-0.3, -0.25) is 9.88 Å². The average Bonchev–Trinajstić information content (AvgIpc) is 3.43. The quantitative estimate of drug-likeness (QED) is 0.495. The molecule has 0 aliphatic carbocycles. The number of thiazole rings is 1. The van der Waals surface area contributed by atoms with Gasteiger partial charge < -0.3 is 15.6 Å². The third kappa shape index (κ3) is 4.04. The molecule has 1 aliphatic heterocycles. The van der Waals surface area contributed by atoms with Crippen molar-refractivity contribution in [2.45, 2.75) is 12.8 Å². The molecule has 0 radical (unpaired) electrons. The molecule has 3 N–H and O–H groups in total. The minimum absolute atomic E-state index is 0.830. The van der Waals surface area contributed by atoms with Crippen LogP contribution in [0.5, 0.6) is 0 Å². The van der Waals surface area contributed by atoms with Gasteiger partial charge in [0.2, 0.25) is 0 Å². The molecule has 1 fully saturated rings. The van der Waals surface area contributed by atoms with Gasteiger partial charge in [0.1, 0.15) is 0 Å². The number of fused-ring (bicyclic) bond motifs is 1. The Balaban J connectivity index is 1.11. The summed E-state index contributed by atoms with van der Waals surface area (Å²) in [6.07, 6.45) is 7.79. The van der Waals surface area contributed by atoms with E-state index in [1.165, 1.54) is 5.56 Å². The number of benzene rings is 1. The predicted octanol–water partition coefficient (Wildman–Crippen LogP) is 4.02. The van der Waals surface area contributed by atoms with Gasteiger partial charge in [0.05, 0.1) is 11.4 Å². The van der Waals surface area contributed by atoms with Crippen molar-refractivity contribution in [1.82, 2.24) is 19.9 Å². The molecule has 4 aromatic rings. The maximum Gasteiger partial charge on any atom is 0.185 e. The standard InChI is InChI=1S/C23H26N6S/c24-20-15-26-21-6-5-17(13-19(20)21)3-2-8-28-9-11-29(12-10-28)23-27-22(16-30-23)18-4-1-7-25-14-18/h1,4-7,13-16,26H,2-3,8-12,24H2. The van der Waals surface area contributed by atoms with Crippen LogP contribution in [0.2, 0.25) is 0 Å². The molecule has 0 bridgehead atoms. The van der Waals surface area contributed by atoms with E-state index in [0.717, 1.165) is 78.5 Å². The number of aryl methyl sites for hydroxylation is 1. The van der Waals surface area contributed by atoms with Crippen LogP contribution >= 0.6 is 11.3 Å². The molecule has 154 valence electrons. The largest absolute Gasteiger partial charge is 0.397 e. The monoisotopic (exact) mass is 418 g/mol. The number of nitrogen functional groups attached to an aromatic ring is 1. The van der Waals surface area contributed by atoms with E-state index in [1.807, 2.05) is 18.5 Å². The van der Waals surface area contributed by atoms with Crippen LogP contribution in [0.1, 0.15) is 12.0 Å². The van der Waals surface area contributed by atoms with Crippen molar-refractivity contribution in [3.05, 3.63) is 59.9 Å². The van der Waals surface area contributed by atoms with Crippen molar-refractivity contribution in [1.29, 1.82) is 0 Å². The molecule has 1 aromatic carbocycles. The normalized spacial score (nSPS) is 15.1. The fourth-order valence-corrected chi connectivity index (χ4v) is 4.96. The van der Waals surface area contributed by atoms with E-state index in [-0.39, 0.29) is 0 Å². The number of H-pyrrole nitrogens is 1. The zero-order valence-corrected chi connectivity index (χ0v) is 17.7. The number of pyridine rings is 1. The maximum atomic E-state index is 6.03. The van der Waals surface area contributed by atoms with Crippen LogP contribution in [0.15, 0.2) is 54.3 Å². The first-order valence-corrected chi connectivity index (χ1v) is 11.3. The zero-order valence-electron chi connectivity index (χ0n) is 16.9. The van der Waals surface area contributed by atoms with Gasteiger partial charge in [-0.25, -0.2) is 4.98 Å². The van der Waals surface area contributed by atoms with Crippen LogP contribution < -0.4 is 10.6 Å². The molecule has 1 saturated heterocycles. The molecular weight excluding hydrogens is 392 g/mol. The number of hydrogen-bond acceptors (Lipinski definition) is 6. The van der Waals surface area contributed by atoms with Gasteiger partial charge in [0.15, 0.2) is 5.13 Å². The van der Waals surface area contributed by atoms with Crippen LogP contribution in [0.4, 0.5) is 10.8 Å². The Morgan fingerprint density at radius 1 is 1.13 bits per heavy atom. The third-order valence-corrected chi connectivity index (χ3v) is 6.71. The number of aromatic nitrogens is 3. The van der Waals surface area contributed by atoms with Crippen molar-refractivity contribution >= 4 is 33.1 Å². The molecule has 30 heavy (non-hydrogen) atoms. The van der Waals surface area contributed by atoms with Crippen molar-refractivity contribution in [2.24, 2.45) is 0 Å². The Bertz CT molecular complexity index is 1110. The molecule has 3 aromatic heterocycles. The Morgan fingerprint density at radius 3 is 2.87 bits per heavy atom. The van der Waals surface area contributed by atoms with Crippen LogP contribution in [-0.4, -0.2) is 52.6 Å². The highest BCUT2D eigenvalue weighted by Crippen LogP contribution is 2.27. The Morgan fingerprint density at radius 2 is 2.03 bits per heavy atom. The first-order valence-electron chi connectivity index (χ1n) is 10.4. The molecule has 0 amide bonds. The number of nitrogens with one attached hydrogen (secondary N) is 1. The van der Waals surface area contributed by atoms with Crippen molar-refractivity contribution in [2.75, 3.05) is 43.4 Å². The highest BCUT2D eigenvalue weighted by Gasteiger charge is 2.19. The van der Waals surface area contributed by atoms with Gasteiger partial charge in [0, 0.05) is 66.6 Å². The second kappa shape index (κ2) is 8.45. The predicted molar refractivity (Wildman–Crippen MR) is 125 cm³/mol. The van der Waals surface area contributed by atoms with E-state index in [9.17, 15) is 0 Å². The topological polar surface area (TPSA) is 74.1 Å². The van der Waals surface area contributed by atoms with Gasteiger partial charge >= 0.3 is 0 Å². The molecule has 0 atom stereocenters. The lowest BCUT2D eigenvalue weighted by Crippen LogP contribution is -2.46. The van der Waals surface area contributed by atoms with Crippen LogP contribution in [0.3, 0.4) is 0 Å². The molecule has 0 unspecified atom stereocenters. The summed E-state index contributed by atoms with van der Waals surface area (Å²) < 4.78 is 0. The zero-order chi connectivity index (χ0) is 20.3. The number of rotatable bonds is 6. The number of anilines is 2. The smallest absolute Gasteiger partial charge is 0.185 e. The number of nitrogens with two attached hydrogens (primary N) is 1. The molecular formula is C23H26N6S. The van der Waals surface area contributed by atoms with E-state index in [1.54, 1.807) is 17.5 Å². The van der Waals surface area contributed by atoms with Gasteiger partial charge in [-0.05, 0) is 49.2 Å².